The molecule has 0 aliphatic carbocycles. The van der Waals surface area contributed by atoms with E-state index in [0.29, 0.717) is 36.2 Å². The predicted octanol–water partition coefficient (Wildman–Crippen LogP) is 7.43. The van der Waals surface area contributed by atoms with Gasteiger partial charge in [0.2, 0.25) is 5.91 Å². The minimum absolute atomic E-state index is 0.0930. The van der Waals surface area contributed by atoms with Gasteiger partial charge in [0.15, 0.2) is 0 Å². The Kier molecular flexibility index (Phi) is 13.4. The van der Waals surface area contributed by atoms with Crippen LogP contribution >= 0.6 is 0 Å². The molecule has 0 aromatic heterocycles. The molecule has 0 radical (unpaired) electrons. The summed E-state index contributed by atoms with van der Waals surface area (Å²) in [5.74, 6) is -0.508. The number of phenols is 1. The standard InChI is InChI=1S/C34H51N3O5/c1-9-10-11-12-15-20-37(32(40)28(21-23(2)3)36-33(41)42-34(6,7)8)30(26-18-19-29(38)25(5)22-26)31(39)35-27-17-14-13-16-24(27)4/h13-14,16-19,22-23,28,30,38H,9-12,15,20-21H2,1-8H3,(H,35,39)(H,36,41). The number of aryl methyl sites for hydroxylation is 2. The van der Waals surface area contributed by atoms with Gasteiger partial charge >= 0.3 is 6.09 Å². The van der Waals surface area contributed by atoms with Crippen molar-refractivity contribution >= 4 is 23.6 Å². The smallest absolute Gasteiger partial charge is 0.408 e. The molecule has 2 aromatic rings. The molecule has 3 amide bonds. The van der Waals surface area contributed by atoms with Gasteiger partial charge in [0.1, 0.15) is 23.4 Å². The van der Waals surface area contributed by atoms with Gasteiger partial charge in [-0.3, -0.25) is 9.59 Å². The lowest BCUT2D eigenvalue weighted by Crippen LogP contribution is -2.53. The van der Waals surface area contributed by atoms with Gasteiger partial charge in [0, 0.05) is 12.2 Å². The first-order chi connectivity index (χ1) is 19.7. The van der Waals surface area contributed by atoms with Crippen molar-refractivity contribution in [3.8, 4) is 5.75 Å². The molecule has 0 aliphatic rings. The fraction of sp³-hybridized carbons (Fsp3) is 0.559. The molecular weight excluding hydrogens is 530 g/mol. The van der Waals surface area contributed by atoms with Crippen LogP contribution in [0.3, 0.4) is 0 Å². The number of hydrogen-bond acceptors (Lipinski definition) is 5. The molecule has 0 aliphatic heterocycles. The van der Waals surface area contributed by atoms with Crippen LogP contribution in [0.4, 0.5) is 10.5 Å². The zero-order chi connectivity index (χ0) is 31.4. The van der Waals surface area contributed by atoms with Crippen molar-refractivity contribution in [2.24, 2.45) is 5.92 Å². The maximum Gasteiger partial charge on any atom is 0.408 e. The highest BCUT2D eigenvalue weighted by molar-refractivity contribution is 5.99. The minimum atomic E-state index is -0.988. The van der Waals surface area contributed by atoms with Crippen molar-refractivity contribution in [1.29, 1.82) is 0 Å². The van der Waals surface area contributed by atoms with E-state index in [1.165, 1.54) is 0 Å². The zero-order valence-corrected chi connectivity index (χ0v) is 26.8. The number of carbonyl (C=O) groups is 3. The fourth-order valence-electron chi connectivity index (χ4n) is 4.83. The molecule has 8 heteroatoms. The Morgan fingerprint density at radius 1 is 0.952 bits per heavy atom. The van der Waals surface area contributed by atoms with Gasteiger partial charge in [-0.05, 0) is 88.3 Å². The molecule has 0 heterocycles. The summed E-state index contributed by atoms with van der Waals surface area (Å²) in [7, 11) is 0. The zero-order valence-electron chi connectivity index (χ0n) is 26.8. The number of ether oxygens (including phenoxy) is 1. The monoisotopic (exact) mass is 581 g/mol. The van der Waals surface area contributed by atoms with Gasteiger partial charge in [0.05, 0.1) is 0 Å². The molecule has 0 bridgehead atoms. The number of nitrogens with zero attached hydrogens (tertiary/aromatic N) is 1. The molecule has 0 saturated carbocycles. The van der Waals surface area contributed by atoms with Crippen LogP contribution < -0.4 is 10.6 Å². The normalized spacial score (nSPS) is 12.9. The van der Waals surface area contributed by atoms with E-state index >= 15 is 0 Å². The molecule has 8 nitrogen and oxygen atoms in total. The minimum Gasteiger partial charge on any atom is -0.508 e. The van der Waals surface area contributed by atoms with Gasteiger partial charge in [-0.2, -0.15) is 0 Å². The Morgan fingerprint density at radius 2 is 1.62 bits per heavy atom. The lowest BCUT2D eigenvalue weighted by atomic mass is 9.97. The van der Waals surface area contributed by atoms with E-state index in [4.69, 9.17) is 4.74 Å². The van der Waals surface area contributed by atoms with Gasteiger partial charge < -0.3 is 25.4 Å². The van der Waals surface area contributed by atoms with Gasteiger partial charge in [0.25, 0.3) is 5.91 Å². The van der Waals surface area contributed by atoms with Crippen LogP contribution in [0.2, 0.25) is 0 Å². The van der Waals surface area contributed by atoms with Crippen LogP contribution in [0.25, 0.3) is 0 Å². The molecule has 0 fully saturated rings. The number of phenolic OH excluding ortho intramolecular Hbond substituents is 1. The molecule has 2 rings (SSSR count). The third-order valence-electron chi connectivity index (χ3n) is 6.98. The van der Waals surface area contributed by atoms with E-state index in [1.54, 1.807) is 50.8 Å². The average Bonchev–Trinajstić information content (AvgIpc) is 2.89. The third kappa shape index (κ3) is 11.0. The van der Waals surface area contributed by atoms with E-state index in [0.717, 1.165) is 31.2 Å². The average molecular weight is 582 g/mol. The largest absolute Gasteiger partial charge is 0.508 e. The van der Waals surface area contributed by atoms with Crippen LogP contribution in [0.1, 0.15) is 103 Å². The van der Waals surface area contributed by atoms with Crippen molar-refractivity contribution in [3.63, 3.8) is 0 Å². The van der Waals surface area contributed by atoms with Crippen molar-refractivity contribution < 1.29 is 24.2 Å². The molecule has 42 heavy (non-hydrogen) atoms. The SMILES string of the molecule is CCCCCCCN(C(=O)C(CC(C)C)NC(=O)OC(C)(C)C)C(C(=O)Nc1ccccc1C)c1ccc(O)c(C)c1. The van der Waals surface area contributed by atoms with E-state index in [1.807, 2.05) is 45.0 Å². The summed E-state index contributed by atoms with van der Waals surface area (Å²) in [6.45, 7) is 15.4. The fourth-order valence-corrected chi connectivity index (χ4v) is 4.83. The molecule has 3 N–H and O–H groups in total. The first kappa shape index (κ1) is 34.7. The highest BCUT2D eigenvalue weighted by atomic mass is 16.6. The molecule has 2 aromatic carbocycles. The number of alkyl carbamates (subject to hydrolysis) is 1. The molecule has 0 saturated heterocycles. The number of anilines is 1. The van der Waals surface area contributed by atoms with Crippen LogP contribution in [0.5, 0.6) is 5.75 Å². The maximum absolute atomic E-state index is 14.4. The number of amides is 3. The number of aromatic hydroxyl groups is 1. The topological polar surface area (TPSA) is 108 Å². The summed E-state index contributed by atoms with van der Waals surface area (Å²) in [4.78, 5) is 43.0. The van der Waals surface area contributed by atoms with Crippen molar-refractivity contribution in [3.05, 3.63) is 59.2 Å². The Morgan fingerprint density at radius 3 is 2.21 bits per heavy atom. The Balaban J connectivity index is 2.57. The summed E-state index contributed by atoms with van der Waals surface area (Å²) in [5.41, 5.74) is 2.01. The van der Waals surface area contributed by atoms with E-state index in [9.17, 15) is 19.5 Å². The molecule has 0 spiro atoms. The van der Waals surface area contributed by atoms with Crippen LogP contribution in [0, 0.1) is 19.8 Å². The number of benzene rings is 2. The summed E-state index contributed by atoms with van der Waals surface area (Å²) >= 11 is 0. The lowest BCUT2D eigenvalue weighted by molar-refractivity contribution is -0.141. The highest BCUT2D eigenvalue weighted by Crippen LogP contribution is 2.30. The van der Waals surface area contributed by atoms with Crippen LogP contribution in [0.15, 0.2) is 42.5 Å². The molecular formula is C34H51N3O5. The predicted molar refractivity (Wildman–Crippen MR) is 168 cm³/mol. The van der Waals surface area contributed by atoms with Gasteiger partial charge in [-0.15, -0.1) is 0 Å². The number of unbranched alkanes of at least 4 members (excludes halogenated alkanes) is 4. The quantitative estimate of drug-likeness (QED) is 0.201. The number of hydrogen-bond donors (Lipinski definition) is 3. The van der Waals surface area contributed by atoms with E-state index in [2.05, 4.69) is 17.6 Å². The van der Waals surface area contributed by atoms with E-state index in [-0.39, 0.29) is 23.5 Å². The highest BCUT2D eigenvalue weighted by Gasteiger charge is 2.36. The summed E-state index contributed by atoms with van der Waals surface area (Å²) in [5, 5.41) is 16.1. The third-order valence-corrected chi connectivity index (χ3v) is 6.98. The Bertz CT molecular complexity index is 1190. The Labute approximate surface area is 252 Å². The van der Waals surface area contributed by atoms with Crippen molar-refractivity contribution in [2.75, 3.05) is 11.9 Å². The van der Waals surface area contributed by atoms with Gasteiger partial charge in [-0.25, -0.2) is 4.79 Å². The van der Waals surface area contributed by atoms with Crippen LogP contribution in [-0.2, 0) is 14.3 Å². The number of rotatable bonds is 14. The number of nitrogens with one attached hydrogen (secondary N) is 2. The Hall–Kier alpha value is -3.55. The van der Waals surface area contributed by atoms with Crippen molar-refractivity contribution in [2.45, 2.75) is 112 Å². The molecule has 2 atom stereocenters. The molecule has 2 unspecified atom stereocenters. The summed E-state index contributed by atoms with van der Waals surface area (Å²) < 4.78 is 5.49. The lowest BCUT2D eigenvalue weighted by Gasteiger charge is -2.35. The number of carbonyl (C=O) groups excluding carboxylic acids is 3. The first-order valence-corrected chi connectivity index (χ1v) is 15.2. The second-order valence-electron chi connectivity index (χ2n) is 12.5. The van der Waals surface area contributed by atoms with Crippen molar-refractivity contribution in [1.82, 2.24) is 10.2 Å². The first-order valence-electron chi connectivity index (χ1n) is 15.2. The van der Waals surface area contributed by atoms with E-state index < -0.39 is 23.8 Å². The van der Waals surface area contributed by atoms with Gasteiger partial charge in [-0.1, -0.05) is 70.7 Å². The summed E-state index contributed by atoms with van der Waals surface area (Å²) in [6.07, 6.45) is 4.54. The second kappa shape index (κ2) is 16.2. The maximum atomic E-state index is 14.4. The summed E-state index contributed by atoms with van der Waals surface area (Å²) in [6, 6.07) is 10.6. The molecule has 232 valence electrons. The van der Waals surface area contributed by atoms with Crippen LogP contribution in [-0.4, -0.2) is 46.1 Å². The second-order valence-corrected chi connectivity index (χ2v) is 12.5. The number of para-hydroxylation sites is 1.